The van der Waals surface area contributed by atoms with E-state index in [9.17, 15) is 0 Å². The number of hydrogen-bond donors (Lipinski definition) is 0. The van der Waals surface area contributed by atoms with Gasteiger partial charge in [-0.1, -0.05) is 26.0 Å². The Hall–Kier alpha value is -1.55. The molecule has 0 aliphatic rings. The van der Waals surface area contributed by atoms with Crippen molar-refractivity contribution in [3.63, 3.8) is 0 Å². The molecule has 4 nitrogen and oxygen atoms in total. The molecule has 2 aromatic rings. The van der Waals surface area contributed by atoms with Crippen molar-refractivity contribution in [2.24, 2.45) is 0 Å². The summed E-state index contributed by atoms with van der Waals surface area (Å²) in [7, 11) is 3.61. The lowest BCUT2D eigenvalue weighted by Crippen LogP contribution is -2.22. The first-order valence-corrected chi connectivity index (χ1v) is 5.87. The Bertz CT molecular complexity index is 407. The number of nitrogens with zero attached hydrogens (tertiary/aromatic N) is 2. The third-order valence-electron chi connectivity index (χ3n) is 2.24. The predicted octanol–water partition coefficient (Wildman–Crippen LogP) is 2.94. The smallest absolute Gasteiger partial charge is 0.298 e. The number of benzene rings is 1. The second kappa shape index (κ2) is 6.91. The molecule has 0 bridgehead atoms. The van der Waals surface area contributed by atoms with E-state index in [-0.39, 0.29) is 0 Å². The van der Waals surface area contributed by atoms with Crippen LogP contribution in [0.4, 0.5) is 6.01 Å². The van der Waals surface area contributed by atoms with Gasteiger partial charge in [-0.05, 0) is 12.1 Å². The Balaban J connectivity index is 0.000000686. The van der Waals surface area contributed by atoms with E-state index in [4.69, 9.17) is 9.15 Å². The maximum atomic E-state index is 5.59. The molecule has 94 valence electrons. The molecule has 17 heavy (non-hydrogen) atoms. The molecule has 0 unspecified atom stereocenters. The summed E-state index contributed by atoms with van der Waals surface area (Å²) in [4.78, 5) is 6.30. The minimum absolute atomic E-state index is 0.633. The van der Waals surface area contributed by atoms with Gasteiger partial charge in [-0.3, -0.25) is 0 Å². The first-order chi connectivity index (χ1) is 8.31. The van der Waals surface area contributed by atoms with Gasteiger partial charge in [-0.15, -0.1) is 0 Å². The first-order valence-electron chi connectivity index (χ1n) is 5.87. The first kappa shape index (κ1) is 13.5. The molecule has 0 radical (unpaired) electrons. The molecule has 0 atom stereocenters. The topological polar surface area (TPSA) is 38.5 Å². The standard InChI is InChI=1S/C11H14N2O2.C2H6/c1-13(7-8-14-2)11-12-9-5-3-4-6-10(9)15-11;1-2/h3-6H,7-8H2,1-2H3;1-2H3. The zero-order valence-corrected chi connectivity index (χ0v) is 10.9. The molecule has 4 heteroatoms. The van der Waals surface area contributed by atoms with Crippen LogP contribution < -0.4 is 4.90 Å². The van der Waals surface area contributed by atoms with Gasteiger partial charge in [0.05, 0.1) is 6.61 Å². The molecule has 1 aromatic carbocycles. The highest BCUT2D eigenvalue weighted by atomic mass is 16.5. The monoisotopic (exact) mass is 236 g/mol. The van der Waals surface area contributed by atoms with Crippen molar-refractivity contribution in [2.75, 3.05) is 32.2 Å². The van der Waals surface area contributed by atoms with Gasteiger partial charge in [-0.2, -0.15) is 4.98 Å². The lowest BCUT2D eigenvalue weighted by Gasteiger charge is -2.12. The Morgan fingerprint density at radius 2 is 2.00 bits per heavy atom. The van der Waals surface area contributed by atoms with Crippen LogP contribution in [0.25, 0.3) is 11.1 Å². The van der Waals surface area contributed by atoms with Crippen molar-refractivity contribution in [3.05, 3.63) is 24.3 Å². The Labute approximate surface area is 102 Å². The van der Waals surface area contributed by atoms with Crippen molar-refractivity contribution in [2.45, 2.75) is 13.8 Å². The molecule has 0 spiro atoms. The highest BCUT2D eigenvalue weighted by Crippen LogP contribution is 2.20. The predicted molar refractivity (Wildman–Crippen MR) is 70.5 cm³/mol. The van der Waals surface area contributed by atoms with Crippen molar-refractivity contribution in [1.82, 2.24) is 4.98 Å². The average molecular weight is 236 g/mol. The van der Waals surface area contributed by atoms with Crippen LogP contribution in [0.15, 0.2) is 28.7 Å². The van der Waals surface area contributed by atoms with Crippen LogP contribution in [-0.2, 0) is 4.74 Å². The van der Waals surface area contributed by atoms with Crippen LogP contribution >= 0.6 is 0 Å². The summed E-state index contributed by atoms with van der Waals surface area (Å²) in [6.45, 7) is 5.43. The summed E-state index contributed by atoms with van der Waals surface area (Å²) < 4.78 is 10.6. The van der Waals surface area contributed by atoms with Crippen LogP contribution in [0.5, 0.6) is 0 Å². The number of hydrogen-bond acceptors (Lipinski definition) is 4. The lowest BCUT2D eigenvalue weighted by molar-refractivity contribution is 0.205. The van der Waals surface area contributed by atoms with Crippen molar-refractivity contribution >= 4 is 17.1 Å². The third kappa shape index (κ3) is 3.46. The molecule has 0 N–H and O–H groups in total. The van der Waals surface area contributed by atoms with Gasteiger partial charge >= 0.3 is 0 Å². The Kier molecular flexibility index (Phi) is 5.49. The quantitative estimate of drug-likeness (QED) is 0.818. The van der Waals surface area contributed by atoms with Gasteiger partial charge in [-0.25, -0.2) is 0 Å². The molecule has 1 aromatic heterocycles. The number of rotatable bonds is 4. The van der Waals surface area contributed by atoms with Crippen LogP contribution in [0, 0.1) is 0 Å². The van der Waals surface area contributed by atoms with Gasteiger partial charge in [0.25, 0.3) is 6.01 Å². The fourth-order valence-corrected chi connectivity index (χ4v) is 1.35. The van der Waals surface area contributed by atoms with Gasteiger partial charge in [0.1, 0.15) is 5.52 Å². The summed E-state index contributed by atoms with van der Waals surface area (Å²) in [5.41, 5.74) is 1.70. The van der Waals surface area contributed by atoms with E-state index in [1.807, 2.05) is 50.1 Å². The van der Waals surface area contributed by atoms with E-state index < -0.39 is 0 Å². The van der Waals surface area contributed by atoms with Gasteiger partial charge in [0.15, 0.2) is 5.58 Å². The summed E-state index contributed by atoms with van der Waals surface area (Å²) in [5, 5.41) is 0. The number of oxazole rings is 1. The number of aromatic nitrogens is 1. The maximum absolute atomic E-state index is 5.59. The Morgan fingerprint density at radius 1 is 1.29 bits per heavy atom. The minimum atomic E-state index is 0.633. The van der Waals surface area contributed by atoms with Gasteiger partial charge in [0, 0.05) is 20.7 Å². The van der Waals surface area contributed by atoms with Crippen molar-refractivity contribution in [1.29, 1.82) is 0 Å². The number of anilines is 1. The minimum Gasteiger partial charge on any atom is -0.423 e. The zero-order valence-electron chi connectivity index (χ0n) is 10.9. The molecule has 0 fully saturated rings. The molecule has 0 saturated carbocycles. The highest BCUT2D eigenvalue weighted by Gasteiger charge is 2.08. The van der Waals surface area contributed by atoms with E-state index in [1.54, 1.807) is 7.11 Å². The summed E-state index contributed by atoms with van der Waals surface area (Å²) in [6.07, 6.45) is 0. The van der Waals surface area contributed by atoms with Crippen LogP contribution in [-0.4, -0.2) is 32.3 Å². The van der Waals surface area contributed by atoms with Crippen LogP contribution in [0.2, 0.25) is 0 Å². The summed E-state index contributed by atoms with van der Waals surface area (Å²) in [6, 6.07) is 8.37. The van der Waals surface area contributed by atoms with Crippen LogP contribution in [0.3, 0.4) is 0 Å². The largest absolute Gasteiger partial charge is 0.423 e. The SMILES string of the molecule is CC.COCCN(C)c1nc2ccccc2o1. The molecule has 0 aliphatic heterocycles. The van der Waals surface area contributed by atoms with Crippen molar-refractivity contribution in [3.8, 4) is 0 Å². The average Bonchev–Trinajstić information content (AvgIpc) is 2.82. The lowest BCUT2D eigenvalue weighted by atomic mass is 10.3. The number of para-hydroxylation sites is 2. The van der Waals surface area contributed by atoms with Gasteiger partial charge < -0.3 is 14.1 Å². The summed E-state index contributed by atoms with van der Waals surface area (Å²) in [5.74, 6) is 0. The van der Waals surface area contributed by atoms with E-state index in [1.165, 1.54) is 0 Å². The maximum Gasteiger partial charge on any atom is 0.298 e. The van der Waals surface area contributed by atoms with E-state index in [0.29, 0.717) is 12.6 Å². The molecular formula is C13H20N2O2. The van der Waals surface area contributed by atoms with Crippen molar-refractivity contribution < 1.29 is 9.15 Å². The van der Waals surface area contributed by atoms with E-state index >= 15 is 0 Å². The summed E-state index contributed by atoms with van der Waals surface area (Å²) >= 11 is 0. The second-order valence-electron chi connectivity index (χ2n) is 3.38. The molecular weight excluding hydrogens is 216 g/mol. The third-order valence-corrected chi connectivity index (χ3v) is 2.24. The second-order valence-corrected chi connectivity index (χ2v) is 3.38. The van der Waals surface area contributed by atoms with Crippen LogP contribution in [0.1, 0.15) is 13.8 Å². The molecule has 0 saturated heterocycles. The number of ether oxygens (including phenoxy) is 1. The molecule has 0 aliphatic carbocycles. The molecule has 2 rings (SSSR count). The fraction of sp³-hybridized carbons (Fsp3) is 0.462. The van der Waals surface area contributed by atoms with E-state index in [0.717, 1.165) is 17.6 Å². The fourth-order valence-electron chi connectivity index (χ4n) is 1.35. The number of likely N-dealkylation sites (N-methyl/N-ethyl adjacent to an activating group) is 1. The number of fused-ring (bicyclic) bond motifs is 1. The molecule has 0 amide bonds. The van der Waals surface area contributed by atoms with E-state index in [2.05, 4.69) is 4.98 Å². The zero-order chi connectivity index (χ0) is 12.7. The van der Waals surface area contributed by atoms with Gasteiger partial charge in [0.2, 0.25) is 0 Å². The Morgan fingerprint density at radius 3 is 2.65 bits per heavy atom. The normalized spacial score (nSPS) is 9.88. The number of methoxy groups -OCH3 is 1. The molecule has 1 heterocycles. The highest BCUT2D eigenvalue weighted by molar-refractivity contribution is 5.74.